The predicted molar refractivity (Wildman–Crippen MR) is 169 cm³/mol. The molecule has 228 valence electrons. The van der Waals surface area contributed by atoms with Crippen molar-refractivity contribution in [3.8, 4) is 11.5 Å². The summed E-state index contributed by atoms with van der Waals surface area (Å²) in [5.41, 5.74) is 2.33. The van der Waals surface area contributed by atoms with Crippen molar-refractivity contribution in [1.29, 1.82) is 0 Å². The summed E-state index contributed by atoms with van der Waals surface area (Å²) in [4.78, 5) is 26.7. The van der Waals surface area contributed by atoms with E-state index in [1.807, 2.05) is 67.5 Å². The Bertz CT molecular complexity index is 1190. The molecule has 0 aliphatic heterocycles. The molecule has 41 heavy (non-hydrogen) atoms. The van der Waals surface area contributed by atoms with Gasteiger partial charge in [0.25, 0.3) is 11.8 Å². The molecule has 0 saturated carbocycles. The summed E-state index contributed by atoms with van der Waals surface area (Å²) >= 11 is 0. The zero-order chi connectivity index (χ0) is 31.9. The van der Waals surface area contributed by atoms with Gasteiger partial charge in [0, 0.05) is 24.2 Å². The molecule has 2 aromatic rings. The first-order valence-electron chi connectivity index (χ1n) is 14.6. The second-order valence-corrected chi connectivity index (χ2v) is 16.4. The van der Waals surface area contributed by atoms with E-state index in [-0.39, 0.29) is 69.2 Å². The van der Waals surface area contributed by atoms with E-state index in [1.165, 1.54) is 0 Å². The lowest BCUT2D eigenvalue weighted by Gasteiger charge is -2.29. The maximum Gasteiger partial charge on any atom is 0.255 e. The van der Waals surface area contributed by atoms with Crippen molar-refractivity contribution >= 4 is 11.8 Å². The Morgan fingerprint density at radius 3 is 1.07 bits per heavy atom. The lowest BCUT2D eigenvalue weighted by atomic mass is 9.78. The van der Waals surface area contributed by atoms with Crippen molar-refractivity contribution in [2.45, 2.75) is 119 Å². The Balaban J connectivity index is 2.27. The fraction of sp³-hybridized carbons (Fsp3) is 0.600. The number of rotatable bonds is 6. The Kier molecular flexibility index (Phi) is 9.45. The van der Waals surface area contributed by atoms with Gasteiger partial charge in [-0.05, 0) is 50.3 Å². The van der Waals surface area contributed by atoms with Crippen LogP contribution in [0.1, 0.15) is 140 Å². The minimum Gasteiger partial charge on any atom is -0.507 e. The second kappa shape index (κ2) is 11.3. The lowest BCUT2D eigenvalue weighted by Crippen LogP contribution is -2.42. The van der Waals surface area contributed by atoms with E-state index in [9.17, 15) is 19.8 Å². The molecule has 0 atom stereocenters. The van der Waals surface area contributed by atoms with E-state index >= 15 is 0 Å². The number of aromatic hydroxyl groups is 2. The predicted octanol–water partition coefficient (Wildman–Crippen LogP) is 7.47. The molecule has 0 aliphatic carbocycles. The van der Waals surface area contributed by atoms with Gasteiger partial charge < -0.3 is 20.8 Å². The number of carbonyl (C=O) groups is 2. The Morgan fingerprint density at radius 2 is 0.829 bits per heavy atom. The summed E-state index contributed by atoms with van der Waals surface area (Å²) in [5.74, 6) is -0.719. The molecule has 0 heterocycles. The topological polar surface area (TPSA) is 98.7 Å². The normalized spacial score (nSPS) is 13.2. The standard InChI is InChI=1S/C35H54N2O4/c1-31(2,3)21-15-23(27(38)25(17-21)33(7,8)9)29(40)36-19-35(13,14)20-37-30(41)24-16-22(32(4,5)6)18-26(28(24)39)34(10,11)12/h15-18,38-39H,19-20H2,1-14H3,(H,36,40)(H,37,41). The van der Waals surface area contributed by atoms with Gasteiger partial charge in [-0.2, -0.15) is 0 Å². The molecule has 0 saturated heterocycles. The zero-order valence-electron chi connectivity index (χ0n) is 27.9. The molecular weight excluding hydrogens is 512 g/mol. The van der Waals surface area contributed by atoms with Crippen LogP contribution in [0.3, 0.4) is 0 Å². The molecule has 0 aliphatic rings. The van der Waals surface area contributed by atoms with Crippen LogP contribution < -0.4 is 10.6 Å². The van der Waals surface area contributed by atoms with Crippen molar-refractivity contribution in [1.82, 2.24) is 10.6 Å². The minimum atomic E-state index is -0.500. The average Bonchev–Trinajstić information content (AvgIpc) is 2.78. The number of amides is 2. The molecule has 2 amide bonds. The fourth-order valence-electron chi connectivity index (χ4n) is 4.52. The third-order valence-electron chi connectivity index (χ3n) is 7.51. The number of benzene rings is 2. The third-order valence-corrected chi connectivity index (χ3v) is 7.51. The molecule has 0 radical (unpaired) electrons. The van der Waals surface area contributed by atoms with Crippen molar-refractivity contribution in [3.05, 3.63) is 57.6 Å². The van der Waals surface area contributed by atoms with Crippen LogP contribution in [0.25, 0.3) is 0 Å². The Labute approximate surface area is 248 Å². The number of hydrogen-bond acceptors (Lipinski definition) is 4. The molecule has 2 rings (SSSR count). The largest absolute Gasteiger partial charge is 0.507 e. The van der Waals surface area contributed by atoms with Crippen molar-refractivity contribution in [3.63, 3.8) is 0 Å². The Hall–Kier alpha value is -3.02. The third kappa shape index (κ3) is 8.50. The first kappa shape index (κ1) is 34.2. The zero-order valence-corrected chi connectivity index (χ0v) is 27.9. The highest BCUT2D eigenvalue weighted by Gasteiger charge is 2.30. The first-order chi connectivity index (χ1) is 18.3. The smallest absolute Gasteiger partial charge is 0.255 e. The van der Waals surface area contributed by atoms with E-state index < -0.39 is 5.41 Å². The summed E-state index contributed by atoms with van der Waals surface area (Å²) in [7, 11) is 0. The molecule has 0 unspecified atom stereocenters. The highest BCUT2D eigenvalue weighted by Crippen LogP contribution is 2.39. The van der Waals surface area contributed by atoms with E-state index in [0.717, 1.165) is 22.3 Å². The average molecular weight is 567 g/mol. The van der Waals surface area contributed by atoms with Gasteiger partial charge in [-0.25, -0.2) is 0 Å². The monoisotopic (exact) mass is 566 g/mol. The SMILES string of the molecule is CC(C)(CNC(=O)c1cc(C(C)(C)C)cc(C(C)(C)C)c1O)CNC(=O)c1cc(C(C)(C)C)cc(C(C)(C)C)c1O. The van der Waals surface area contributed by atoms with Crippen LogP contribution in [0.4, 0.5) is 0 Å². The van der Waals surface area contributed by atoms with Gasteiger partial charge in [-0.3, -0.25) is 9.59 Å². The van der Waals surface area contributed by atoms with Crippen LogP contribution in [0.2, 0.25) is 0 Å². The van der Waals surface area contributed by atoms with Gasteiger partial charge in [0.1, 0.15) is 11.5 Å². The van der Waals surface area contributed by atoms with Crippen LogP contribution in [-0.4, -0.2) is 35.1 Å². The molecule has 0 bridgehead atoms. The maximum atomic E-state index is 13.3. The fourth-order valence-corrected chi connectivity index (χ4v) is 4.52. The molecule has 6 nitrogen and oxygen atoms in total. The molecule has 4 N–H and O–H groups in total. The van der Waals surface area contributed by atoms with Crippen LogP contribution >= 0.6 is 0 Å². The van der Waals surface area contributed by atoms with Gasteiger partial charge in [-0.1, -0.05) is 109 Å². The quantitative estimate of drug-likeness (QED) is 0.291. The Morgan fingerprint density at radius 1 is 0.537 bits per heavy atom. The van der Waals surface area contributed by atoms with Crippen LogP contribution in [0, 0.1) is 5.41 Å². The van der Waals surface area contributed by atoms with Gasteiger partial charge in [0.05, 0.1) is 11.1 Å². The lowest BCUT2D eigenvalue weighted by molar-refractivity contribution is 0.0917. The van der Waals surface area contributed by atoms with Crippen molar-refractivity contribution in [2.75, 3.05) is 13.1 Å². The second-order valence-electron chi connectivity index (χ2n) is 16.4. The van der Waals surface area contributed by atoms with Crippen LogP contribution in [0.15, 0.2) is 24.3 Å². The van der Waals surface area contributed by atoms with E-state index in [4.69, 9.17) is 0 Å². The van der Waals surface area contributed by atoms with Gasteiger partial charge in [0.2, 0.25) is 0 Å². The number of phenolic OH excluding ortho intramolecular Hbond substituents is 2. The number of carbonyl (C=O) groups excluding carboxylic acids is 2. The minimum absolute atomic E-state index is 0.00188. The molecule has 0 spiro atoms. The number of nitrogens with one attached hydrogen (secondary N) is 2. The van der Waals surface area contributed by atoms with Gasteiger partial charge in [0.15, 0.2) is 0 Å². The molecule has 2 aromatic carbocycles. The summed E-state index contributed by atoms with van der Waals surface area (Å²) in [6, 6.07) is 7.51. The highest BCUT2D eigenvalue weighted by molar-refractivity contribution is 5.98. The molecule has 0 fully saturated rings. The van der Waals surface area contributed by atoms with E-state index in [2.05, 4.69) is 52.2 Å². The molecule has 6 heteroatoms. The van der Waals surface area contributed by atoms with E-state index in [0.29, 0.717) is 0 Å². The van der Waals surface area contributed by atoms with Crippen molar-refractivity contribution in [2.24, 2.45) is 5.41 Å². The maximum absolute atomic E-state index is 13.3. The molecular formula is C35H54N2O4. The highest BCUT2D eigenvalue weighted by atomic mass is 16.3. The summed E-state index contributed by atoms with van der Waals surface area (Å²) in [6.07, 6.45) is 0. The summed E-state index contributed by atoms with van der Waals surface area (Å²) in [5, 5.41) is 28.1. The summed E-state index contributed by atoms with van der Waals surface area (Å²) < 4.78 is 0. The van der Waals surface area contributed by atoms with Crippen LogP contribution in [-0.2, 0) is 21.7 Å². The van der Waals surface area contributed by atoms with Crippen LogP contribution in [0.5, 0.6) is 11.5 Å². The van der Waals surface area contributed by atoms with E-state index in [1.54, 1.807) is 12.1 Å². The first-order valence-corrected chi connectivity index (χ1v) is 14.6. The molecule has 0 aromatic heterocycles. The van der Waals surface area contributed by atoms with Gasteiger partial charge in [-0.15, -0.1) is 0 Å². The van der Waals surface area contributed by atoms with Crippen molar-refractivity contribution < 1.29 is 19.8 Å². The van der Waals surface area contributed by atoms with Gasteiger partial charge >= 0.3 is 0 Å². The number of phenols is 2. The summed E-state index contributed by atoms with van der Waals surface area (Å²) in [6.45, 7) is 29.0. The number of hydrogen-bond donors (Lipinski definition) is 4.